The maximum Gasteiger partial charge on any atom is 0.0587 e. The van der Waals surface area contributed by atoms with E-state index in [0.717, 1.165) is 23.7 Å². The summed E-state index contributed by atoms with van der Waals surface area (Å²) >= 11 is 8.28. The number of nitrogens with one attached hydrogen (secondary N) is 1. The van der Waals surface area contributed by atoms with E-state index in [0.29, 0.717) is 12.6 Å². The highest BCUT2D eigenvalue weighted by Gasteiger charge is 2.15. The Labute approximate surface area is 138 Å². The van der Waals surface area contributed by atoms with Crippen LogP contribution in [0.5, 0.6) is 0 Å². The first-order valence-corrected chi connectivity index (χ1v) is 9.07. The first-order chi connectivity index (χ1) is 10.1. The molecule has 0 aliphatic rings. The minimum atomic E-state index is 0.494. The summed E-state index contributed by atoms with van der Waals surface area (Å²) in [6.45, 7) is 4.56. The van der Waals surface area contributed by atoms with Crippen molar-refractivity contribution in [2.45, 2.75) is 25.9 Å². The highest BCUT2D eigenvalue weighted by molar-refractivity contribution is 7.98. The summed E-state index contributed by atoms with van der Waals surface area (Å²) in [5.41, 5.74) is 2.37. The fraction of sp³-hybridized carbons (Fsp3) is 0.625. The van der Waals surface area contributed by atoms with Gasteiger partial charge in [0.2, 0.25) is 0 Å². The van der Waals surface area contributed by atoms with Gasteiger partial charge in [0.15, 0.2) is 0 Å². The van der Waals surface area contributed by atoms with Crippen molar-refractivity contribution in [3.05, 3.63) is 28.8 Å². The van der Waals surface area contributed by atoms with Crippen molar-refractivity contribution < 1.29 is 4.74 Å². The summed E-state index contributed by atoms with van der Waals surface area (Å²) in [5, 5.41) is 4.20. The normalized spacial score (nSPS) is 12.4. The number of rotatable bonds is 10. The van der Waals surface area contributed by atoms with Gasteiger partial charge in [0.25, 0.3) is 0 Å². The number of anilines is 1. The van der Waals surface area contributed by atoms with E-state index in [4.69, 9.17) is 16.3 Å². The predicted octanol–water partition coefficient (Wildman–Crippen LogP) is 3.65. The Balaban J connectivity index is 2.77. The van der Waals surface area contributed by atoms with E-state index in [1.807, 2.05) is 23.9 Å². The molecule has 0 aliphatic heterocycles. The molecule has 1 aromatic rings. The van der Waals surface area contributed by atoms with Crippen LogP contribution >= 0.6 is 23.4 Å². The Hall–Kier alpha value is -0.420. The van der Waals surface area contributed by atoms with Crippen molar-refractivity contribution in [2.24, 2.45) is 0 Å². The molecule has 0 heterocycles. The molecule has 5 heteroatoms. The minimum absolute atomic E-state index is 0.494. The SMILES string of the molecule is COCCNCc1c(Cl)cccc1N(C)C(C)CCSC. The van der Waals surface area contributed by atoms with E-state index >= 15 is 0 Å². The fourth-order valence-electron chi connectivity index (χ4n) is 2.16. The molecule has 1 aromatic carbocycles. The van der Waals surface area contributed by atoms with E-state index in [-0.39, 0.29) is 0 Å². The highest BCUT2D eigenvalue weighted by Crippen LogP contribution is 2.28. The molecule has 0 aromatic heterocycles. The average Bonchev–Trinajstić information content (AvgIpc) is 2.49. The van der Waals surface area contributed by atoms with Crippen LogP contribution in [0.15, 0.2) is 18.2 Å². The molecule has 0 spiro atoms. The summed E-state index contributed by atoms with van der Waals surface area (Å²) in [4.78, 5) is 2.33. The smallest absolute Gasteiger partial charge is 0.0587 e. The largest absolute Gasteiger partial charge is 0.383 e. The maximum absolute atomic E-state index is 6.39. The van der Waals surface area contributed by atoms with E-state index < -0.39 is 0 Å². The van der Waals surface area contributed by atoms with Crippen molar-refractivity contribution in [3.63, 3.8) is 0 Å². The van der Waals surface area contributed by atoms with Crippen LogP contribution in [0.1, 0.15) is 18.9 Å². The first-order valence-electron chi connectivity index (χ1n) is 7.30. The van der Waals surface area contributed by atoms with Gasteiger partial charge in [0.05, 0.1) is 6.61 Å². The second-order valence-electron chi connectivity index (χ2n) is 5.15. The van der Waals surface area contributed by atoms with Crippen LogP contribution in [0.25, 0.3) is 0 Å². The predicted molar refractivity (Wildman–Crippen MR) is 95.9 cm³/mol. The molecule has 1 atom stereocenters. The van der Waals surface area contributed by atoms with Crippen LogP contribution in [0.4, 0.5) is 5.69 Å². The molecule has 1 N–H and O–H groups in total. The maximum atomic E-state index is 6.39. The molecule has 21 heavy (non-hydrogen) atoms. The zero-order valence-electron chi connectivity index (χ0n) is 13.5. The summed E-state index contributed by atoms with van der Waals surface area (Å²) in [6, 6.07) is 6.62. The number of benzene rings is 1. The van der Waals surface area contributed by atoms with Crippen LogP contribution in [0.2, 0.25) is 5.02 Å². The van der Waals surface area contributed by atoms with Gasteiger partial charge in [-0.15, -0.1) is 0 Å². The molecule has 0 saturated carbocycles. The van der Waals surface area contributed by atoms with E-state index in [1.54, 1.807) is 7.11 Å². The van der Waals surface area contributed by atoms with Crippen molar-refractivity contribution in [1.82, 2.24) is 5.32 Å². The lowest BCUT2D eigenvalue weighted by molar-refractivity contribution is 0.199. The second kappa shape index (κ2) is 10.3. The number of nitrogens with zero attached hydrogens (tertiary/aromatic N) is 1. The number of thioether (sulfide) groups is 1. The molecule has 1 rings (SSSR count). The molecular weight excluding hydrogens is 304 g/mol. The van der Waals surface area contributed by atoms with Crippen LogP contribution in [-0.4, -0.2) is 45.4 Å². The molecule has 120 valence electrons. The van der Waals surface area contributed by atoms with E-state index in [2.05, 4.69) is 36.5 Å². The minimum Gasteiger partial charge on any atom is -0.383 e. The lowest BCUT2D eigenvalue weighted by Gasteiger charge is -2.29. The summed E-state index contributed by atoms with van der Waals surface area (Å²) < 4.78 is 5.06. The van der Waals surface area contributed by atoms with Gasteiger partial charge in [-0.2, -0.15) is 11.8 Å². The van der Waals surface area contributed by atoms with Crippen molar-refractivity contribution in [3.8, 4) is 0 Å². The summed E-state index contributed by atoms with van der Waals surface area (Å²) in [6.07, 6.45) is 3.32. The number of hydrogen-bond donors (Lipinski definition) is 1. The average molecular weight is 331 g/mol. The molecular formula is C16H27ClN2OS. The number of halogens is 1. The van der Waals surface area contributed by atoms with Crippen LogP contribution in [0, 0.1) is 0 Å². The lowest BCUT2D eigenvalue weighted by Crippen LogP contribution is -2.31. The summed E-state index contributed by atoms with van der Waals surface area (Å²) in [7, 11) is 3.86. The highest BCUT2D eigenvalue weighted by atomic mass is 35.5. The Morgan fingerprint density at radius 3 is 2.86 bits per heavy atom. The Bertz CT molecular complexity index is 417. The molecule has 0 fully saturated rings. The molecule has 1 unspecified atom stereocenters. The van der Waals surface area contributed by atoms with Gasteiger partial charge in [0.1, 0.15) is 0 Å². The van der Waals surface area contributed by atoms with Gasteiger partial charge in [-0.3, -0.25) is 0 Å². The van der Waals surface area contributed by atoms with Gasteiger partial charge < -0.3 is 15.0 Å². The monoisotopic (exact) mass is 330 g/mol. The van der Waals surface area contributed by atoms with E-state index in [1.165, 1.54) is 17.9 Å². The topological polar surface area (TPSA) is 24.5 Å². The number of methoxy groups -OCH3 is 1. The Kier molecular flexibility index (Phi) is 9.16. The Morgan fingerprint density at radius 1 is 1.43 bits per heavy atom. The quantitative estimate of drug-likeness (QED) is 0.662. The Morgan fingerprint density at radius 2 is 2.19 bits per heavy atom. The van der Waals surface area contributed by atoms with Gasteiger partial charge in [-0.1, -0.05) is 17.7 Å². The zero-order chi connectivity index (χ0) is 15.7. The van der Waals surface area contributed by atoms with Gasteiger partial charge in [-0.05, 0) is 37.5 Å². The zero-order valence-corrected chi connectivity index (χ0v) is 15.1. The first kappa shape index (κ1) is 18.6. The van der Waals surface area contributed by atoms with Gasteiger partial charge in [0, 0.05) is 49.6 Å². The second-order valence-corrected chi connectivity index (χ2v) is 6.54. The molecule has 3 nitrogen and oxygen atoms in total. The van der Waals surface area contributed by atoms with Crippen LogP contribution in [-0.2, 0) is 11.3 Å². The summed E-state index contributed by atoms with van der Waals surface area (Å²) in [5.74, 6) is 1.17. The molecule has 0 radical (unpaired) electrons. The standard InChI is InChI=1S/C16H27ClN2OS/c1-13(8-11-21-4)19(2)16-7-5-6-15(17)14(16)12-18-9-10-20-3/h5-7,13,18H,8-12H2,1-4H3. The number of ether oxygens (including phenoxy) is 1. The van der Waals surface area contributed by atoms with Crippen molar-refractivity contribution in [1.29, 1.82) is 0 Å². The van der Waals surface area contributed by atoms with Crippen molar-refractivity contribution >= 4 is 29.1 Å². The van der Waals surface area contributed by atoms with Crippen LogP contribution in [0.3, 0.4) is 0 Å². The molecule has 0 amide bonds. The van der Waals surface area contributed by atoms with Crippen molar-refractivity contribution in [2.75, 3.05) is 44.2 Å². The third-order valence-corrected chi connectivity index (χ3v) is 4.66. The van der Waals surface area contributed by atoms with Gasteiger partial charge in [-0.25, -0.2) is 0 Å². The third kappa shape index (κ3) is 6.07. The van der Waals surface area contributed by atoms with Gasteiger partial charge >= 0.3 is 0 Å². The number of hydrogen-bond acceptors (Lipinski definition) is 4. The van der Waals surface area contributed by atoms with E-state index in [9.17, 15) is 0 Å². The molecule has 0 aliphatic carbocycles. The van der Waals surface area contributed by atoms with Crippen LogP contribution < -0.4 is 10.2 Å². The molecule has 0 saturated heterocycles. The third-order valence-electron chi connectivity index (χ3n) is 3.66. The lowest BCUT2D eigenvalue weighted by atomic mass is 10.1. The molecule has 0 bridgehead atoms. The fourth-order valence-corrected chi connectivity index (χ4v) is 2.97.